The second kappa shape index (κ2) is 9.82. The van der Waals surface area contributed by atoms with Gasteiger partial charge in [-0.25, -0.2) is 4.79 Å². The van der Waals surface area contributed by atoms with E-state index in [0.29, 0.717) is 40.0 Å². The molecule has 0 unspecified atom stereocenters. The van der Waals surface area contributed by atoms with Crippen molar-refractivity contribution in [3.63, 3.8) is 0 Å². The van der Waals surface area contributed by atoms with Crippen LogP contribution in [0.4, 0.5) is 0 Å². The third-order valence-electron chi connectivity index (χ3n) is 4.01. The van der Waals surface area contributed by atoms with E-state index in [-0.39, 0.29) is 20.0 Å². The molecular weight excluding hydrogens is 398 g/mol. The predicted octanol–water partition coefficient (Wildman–Crippen LogP) is 3.87. The van der Waals surface area contributed by atoms with Gasteiger partial charge in [0.05, 0.1) is 13.7 Å². The van der Waals surface area contributed by atoms with Crippen molar-refractivity contribution in [3.05, 3.63) is 58.1 Å². The molecule has 0 atom stereocenters. The van der Waals surface area contributed by atoms with Crippen molar-refractivity contribution in [2.45, 2.75) is 13.2 Å². The highest BCUT2D eigenvalue weighted by Gasteiger charge is 2.17. The molecule has 150 valence electrons. The van der Waals surface area contributed by atoms with Gasteiger partial charge in [-0.2, -0.15) is 5.26 Å². The summed E-state index contributed by atoms with van der Waals surface area (Å²) in [6.45, 7) is 0.481. The first kappa shape index (κ1) is 20.5. The fraction of sp³-hybridized carbons (Fsp3) is 0.238. The van der Waals surface area contributed by atoms with Gasteiger partial charge in [-0.15, -0.1) is 0 Å². The van der Waals surface area contributed by atoms with Crippen molar-refractivity contribution in [1.29, 1.82) is 5.26 Å². The van der Waals surface area contributed by atoms with E-state index in [2.05, 4.69) is 0 Å². The molecule has 8 heteroatoms. The Morgan fingerprint density at radius 2 is 2.17 bits per heavy atom. The Morgan fingerprint density at radius 3 is 2.97 bits per heavy atom. The minimum absolute atomic E-state index is 0.0241. The lowest BCUT2D eigenvalue weighted by Gasteiger charge is -2.20. The van der Waals surface area contributed by atoms with E-state index in [1.54, 1.807) is 36.4 Å². The molecule has 2 aromatic carbocycles. The fourth-order valence-corrected chi connectivity index (χ4v) is 3.01. The maximum absolute atomic E-state index is 12.1. The first-order valence-electron chi connectivity index (χ1n) is 8.65. The molecule has 0 spiro atoms. The molecule has 0 fully saturated rings. The quantitative estimate of drug-likeness (QED) is 0.501. The summed E-state index contributed by atoms with van der Waals surface area (Å²) in [5.74, 6) is 1.02. The van der Waals surface area contributed by atoms with Crippen molar-refractivity contribution in [3.8, 4) is 23.3 Å². The van der Waals surface area contributed by atoms with Crippen LogP contribution in [-0.2, 0) is 27.5 Å². The number of halogens is 1. The molecule has 2 aromatic rings. The molecule has 29 heavy (non-hydrogen) atoms. The van der Waals surface area contributed by atoms with E-state index >= 15 is 0 Å². The number of ether oxygens (including phenoxy) is 5. The zero-order valence-corrected chi connectivity index (χ0v) is 16.4. The number of carbonyl (C=O) groups excluding carboxylic acids is 1. The fourth-order valence-electron chi connectivity index (χ4n) is 2.74. The summed E-state index contributed by atoms with van der Waals surface area (Å²) in [6, 6.07) is 10.5. The molecule has 1 aliphatic rings. The van der Waals surface area contributed by atoms with Crippen LogP contribution in [0.2, 0.25) is 5.02 Å². The van der Waals surface area contributed by atoms with Gasteiger partial charge in [0.15, 0.2) is 24.9 Å². The summed E-state index contributed by atoms with van der Waals surface area (Å²) in [4.78, 5) is 12.1. The molecule has 0 N–H and O–H groups in total. The maximum Gasteiger partial charge on any atom is 0.331 e. The molecule has 0 radical (unpaired) electrons. The number of methoxy groups -OCH3 is 1. The van der Waals surface area contributed by atoms with Crippen LogP contribution >= 0.6 is 11.6 Å². The third kappa shape index (κ3) is 5.41. The van der Waals surface area contributed by atoms with Crippen molar-refractivity contribution in [2.24, 2.45) is 0 Å². The molecule has 0 amide bonds. The van der Waals surface area contributed by atoms with E-state index in [1.807, 2.05) is 6.07 Å². The molecule has 0 aromatic heterocycles. The number of nitriles is 1. The Labute approximate surface area is 173 Å². The number of carbonyl (C=O) groups is 1. The average Bonchev–Trinajstić information content (AvgIpc) is 2.74. The Morgan fingerprint density at radius 1 is 1.31 bits per heavy atom. The van der Waals surface area contributed by atoms with Gasteiger partial charge < -0.3 is 23.7 Å². The lowest BCUT2D eigenvalue weighted by atomic mass is 10.1. The Kier molecular flexibility index (Phi) is 6.95. The highest BCUT2D eigenvalue weighted by Crippen LogP contribution is 2.32. The largest absolute Gasteiger partial charge is 0.493 e. The molecule has 0 bridgehead atoms. The summed E-state index contributed by atoms with van der Waals surface area (Å²) in [7, 11) is 1.50. The normalized spacial score (nSPS) is 12.6. The maximum atomic E-state index is 12.1. The zero-order valence-electron chi connectivity index (χ0n) is 15.6. The van der Waals surface area contributed by atoms with Crippen LogP contribution in [-0.4, -0.2) is 26.5 Å². The van der Waals surface area contributed by atoms with Crippen LogP contribution in [0.1, 0.15) is 16.7 Å². The minimum Gasteiger partial charge on any atom is -0.493 e. The van der Waals surface area contributed by atoms with E-state index in [0.717, 1.165) is 5.56 Å². The number of fused-ring (bicyclic) bond motifs is 1. The van der Waals surface area contributed by atoms with Crippen molar-refractivity contribution in [1.82, 2.24) is 0 Å². The highest BCUT2D eigenvalue weighted by molar-refractivity contribution is 6.30. The van der Waals surface area contributed by atoms with Gasteiger partial charge in [-0.3, -0.25) is 0 Å². The monoisotopic (exact) mass is 415 g/mol. The number of esters is 1. The van der Waals surface area contributed by atoms with Gasteiger partial charge in [-0.1, -0.05) is 17.7 Å². The smallest absolute Gasteiger partial charge is 0.331 e. The van der Waals surface area contributed by atoms with Gasteiger partial charge in [0, 0.05) is 22.2 Å². The van der Waals surface area contributed by atoms with Crippen molar-refractivity contribution >= 4 is 23.6 Å². The SMILES string of the molecule is COc1cc(C=CC(=O)OCc2cc(Cl)cc3c2OCOC3)ccc1OCC#N. The second-order valence-electron chi connectivity index (χ2n) is 5.96. The molecule has 0 saturated heterocycles. The number of benzene rings is 2. The van der Waals surface area contributed by atoms with E-state index in [1.165, 1.54) is 13.2 Å². The zero-order chi connectivity index (χ0) is 20.6. The summed E-state index contributed by atoms with van der Waals surface area (Å²) < 4.78 is 26.5. The molecule has 0 saturated carbocycles. The molecule has 1 heterocycles. The lowest BCUT2D eigenvalue weighted by Crippen LogP contribution is -2.14. The van der Waals surface area contributed by atoms with Gasteiger partial charge >= 0.3 is 5.97 Å². The van der Waals surface area contributed by atoms with Gasteiger partial charge in [0.2, 0.25) is 0 Å². The number of nitrogens with zero attached hydrogens (tertiary/aromatic N) is 1. The van der Waals surface area contributed by atoms with Crippen molar-refractivity contribution in [2.75, 3.05) is 20.5 Å². The van der Waals surface area contributed by atoms with E-state index in [4.69, 9.17) is 40.5 Å². The van der Waals surface area contributed by atoms with Gasteiger partial charge in [-0.05, 0) is 35.9 Å². The summed E-state index contributed by atoms with van der Waals surface area (Å²) in [6.07, 6.45) is 2.91. The molecule has 0 aliphatic carbocycles. The molecule has 7 nitrogen and oxygen atoms in total. The first-order valence-corrected chi connectivity index (χ1v) is 9.03. The van der Waals surface area contributed by atoms with Crippen LogP contribution in [0, 0.1) is 11.3 Å². The van der Waals surface area contributed by atoms with E-state index < -0.39 is 5.97 Å². The van der Waals surface area contributed by atoms with Crippen molar-refractivity contribution < 1.29 is 28.5 Å². The van der Waals surface area contributed by atoms with Crippen LogP contribution in [0.25, 0.3) is 6.08 Å². The summed E-state index contributed by atoms with van der Waals surface area (Å²) in [5.41, 5.74) is 2.21. The topological polar surface area (TPSA) is 87.0 Å². The Bertz CT molecular complexity index is 966. The standard InChI is InChI=1S/C21H18ClNO6/c1-25-19-8-14(2-4-18(19)27-7-6-23)3-5-20(24)28-12-16-10-17(22)9-15-11-26-13-29-21(15)16/h2-5,8-10H,7,11-13H2,1H3. The van der Waals surface area contributed by atoms with Crippen LogP contribution < -0.4 is 14.2 Å². The average molecular weight is 416 g/mol. The second-order valence-corrected chi connectivity index (χ2v) is 6.40. The highest BCUT2D eigenvalue weighted by atomic mass is 35.5. The Hall–Kier alpha value is -3.21. The van der Waals surface area contributed by atoms with Crippen LogP contribution in [0.15, 0.2) is 36.4 Å². The summed E-state index contributed by atoms with van der Waals surface area (Å²) in [5, 5.41) is 9.12. The molecular formula is C21H18ClNO6. The van der Waals surface area contributed by atoms with Crippen LogP contribution in [0.3, 0.4) is 0 Å². The van der Waals surface area contributed by atoms with Gasteiger partial charge in [0.25, 0.3) is 0 Å². The van der Waals surface area contributed by atoms with Crippen LogP contribution in [0.5, 0.6) is 17.2 Å². The predicted molar refractivity (Wildman–Crippen MR) is 105 cm³/mol. The van der Waals surface area contributed by atoms with E-state index in [9.17, 15) is 4.79 Å². The minimum atomic E-state index is -0.519. The molecule has 3 rings (SSSR count). The van der Waals surface area contributed by atoms with Gasteiger partial charge in [0.1, 0.15) is 18.4 Å². The summed E-state index contributed by atoms with van der Waals surface area (Å²) >= 11 is 6.11. The number of rotatable bonds is 7. The number of hydrogen-bond acceptors (Lipinski definition) is 7. The first-order chi connectivity index (χ1) is 14.1. The number of hydrogen-bond donors (Lipinski definition) is 0. The third-order valence-corrected chi connectivity index (χ3v) is 4.23. The Balaban J connectivity index is 1.63. The lowest BCUT2D eigenvalue weighted by molar-refractivity contribution is -0.139. The molecule has 1 aliphatic heterocycles.